The van der Waals surface area contributed by atoms with Crippen LogP contribution in [-0.4, -0.2) is 73.1 Å². The maximum absolute atomic E-state index is 13.0. The van der Waals surface area contributed by atoms with Crippen molar-refractivity contribution < 1.29 is 31.1 Å². The fraction of sp³-hybridized carbons (Fsp3) is 0.476. The highest BCUT2D eigenvalue weighted by molar-refractivity contribution is 5.89. The van der Waals surface area contributed by atoms with Crippen LogP contribution < -0.4 is 5.32 Å². The van der Waals surface area contributed by atoms with Crippen molar-refractivity contribution in [3.05, 3.63) is 54.6 Å². The van der Waals surface area contributed by atoms with Crippen molar-refractivity contribution in [1.82, 2.24) is 14.7 Å². The maximum atomic E-state index is 13.0. The lowest BCUT2D eigenvalue weighted by atomic mass is 10.1. The molecule has 2 amide bonds. The van der Waals surface area contributed by atoms with Crippen molar-refractivity contribution in [2.45, 2.75) is 12.4 Å². The largest absolute Gasteiger partial charge is 0.416 e. The number of carbonyl (C=O) groups is 1. The Balaban J connectivity index is 1.97. The number of alkyl halides is 6. The van der Waals surface area contributed by atoms with Gasteiger partial charge in [0.1, 0.15) is 0 Å². The molecule has 0 unspecified atom stereocenters. The Hall–Kier alpha value is -2.53. The van der Waals surface area contributed by atoms with Gasteiger partial charge in [0.25, 0.3) is 0 Å². The number of piperazine rings is 1. The van der Waals surface area contributed by atoms with E-state index in [0.29, 0.717) is 51.4 Å². The number of amides is 2. The molecule has 1 heterocycles. The van der Waals surface area contributed by atoms with Crippen molar-refractivity contribution in [2.24, 2.45) is 0 Å². The normalized spacial score (nSPS) is 15.7. The number of hydrogen-bond acceptors (Lipinski definition) is 3. The zero-order valence-electron chi connectivity index (χ0n) is 17.5. The van der Waals surface area contributed by atoms with Crippen LogP contribution in [-0.2, 0) is 12.4 Å². The van der Waals surface area contributed by atoms with Crippen LogP contribution in [0.5, 0.6) is 0 Å². The quantitative estimate of drug-likeness (QED) is 0.453. The molecule has 0 spiro atoms. The molecule has 1 aromatic rings. The van der Waals surface area contributed by atoms with Crippen LogP contribution in [0.1, 0.15) is 11.1 Å². The number of urea groups is 1. The fourth-order valence-corrected chi connectivity index (χ4v) is 3.31. The summed E-state index contributed by atoms with van der Waals surface area (Å²) in [5, 5.41) is 2.17. The Morgan fingerprint density at radius 3 is 1.88 bits per heavy atom. The Bertz CT molecular complexity index is 758. The third-order valence-corrected chi connectivity index (χ3v) is 5.01. The first-order valence-electron chi connectivity index (χ1n) is 9.96. The summed E-state index contributed by atoms with van der Waals surface area (Å²) >= 11 is 0. The molecule has 0 radical (unpaired) electrons. The average Bonchev–Trinajstić information content (AvgIpc) is 2.71. The SMILES string of the molecule is C=CCN(CC=C)CCN1CCN(C(=O)Nc2cc(C(F)(F)F)cc(C(F)(F)F)c2)CC1. The van der Waals surface area contributed by atoms with Gasteiger partial charge >= 0.3 is 18.4 Å². The van der Waals surface area contributed by atoms with E-state index in [4.69, 9.17) is 0 Å². The first-order chi connectivity index (χ1) is 14.9. The number of rotatable bonds is 8. The van der Waals surface area contributed by atoms with Crippen molar-refractivity contribution >= 4 is 11.7 Å². The molecule has 5 nitrogen and oxygen atoms in total. The summed E-state index contributed by atoms with van der Waals surface area (Å²) in [7, 11) is 0. The number of hydrogen-bond donors (Lipinski definition) is 1. The van der Waals surface area contributed by atoms with E-state index in [1.165, 1.54) is 4.90 Å². The molecule has 0 aliphatic carbocycles. The molecular formula is C21H26F6N4O. The van der Waals surface area contributed by atoms with Crippen LogP contribution in [0.15, 0.2) is 43.5 Å². The molecule has 1 saturated heterocycles. The lowest BCUT2D eigenvalue weighted by Crippen LogP contribution is -2.51. The van der Waals surface area contributed by atoms with Gasteiger partial charge in [-0.2, -0.15) is 26.3 Å². The minimum Gasteiger partial charge on any atom is -0.322 e. The van der Waals surface area contributed by atoms with E-state index in [0.717, 1.165) is 13.1 Å². The predicted octanol–water partition coefficient (Wildman–Crippen LogP) is 4.55. The number of halogens is 6. The van der Waals surface area contributed by atoms with Gasteiger partial charge in [0, 0.05) is 58.0 Å². The Morgan fingerprint density at radius 2 is 1.44 bits per heavy atom. The van der Waals surface area contributed by atoms with Gasteiger partial charge < -0.3 is 10.2 Å². The summed E-state index contributed by atoms with van der Waals surface area (Å²) in [5.41, 5.74) is -3.50. The van der Waals surface area contributed by atoms with E-state index < -0.39 is 35.2 Å². The highest BCUT2D eigenvalue weighted by Gasteiger charge is 2.37. The average molecular weight is 464 g/mol. The van der Waals surface area contributed by atoms with E-state index >= 15 is 0 Å². The zero-order valence-corrected chi connectivity index (χ0v) is 17.5. The first kappa shape index (κ1) is 25.7. The summed E-state index contributed by atoms with van der Waals surface area (Å²) in [4.78, 5) is 18.1. The van der Waals surface area contributed by atoms with E-state index in [-0.39, 0.29) is 6.07 Å². The van der Waals surface area contributed by atoms with Gasteiger partial charge in [0.05, 0.1) is 11.1 Å². The first-order valence-corrected chi connectivity index (χ1v) is 9.96. The number of nitrogens with one attached hydrogen (secondary N) is 1. The molecule has 178 valence electrons. The number of benzene rings is 1. The predicted molar refractivity (Wildman–Crippen MR) is 110 cm³/mol. The number of anilines is 1. The van der Waals surface area contributed by atoms with Gasteiger partial charge in [-0.05, 0) is 18.2 Å². The molecule has 1 N–H and O–H groups in total. The number of carbonyl (C=O) groups excluding carboxylic acids is 1. The topological polar surface area (TPSA) is 38.8 Å². The third-order valence-electron chi connectivity index (χ3n) is 5.01. The molecule has 11 heteroatoms. The lowest BCUT2D eigenvalue weighted by Gasteiger charge is -2.35. The summed E-state index contributed by atoms with van der Waals surface area (Å²) in [6.45, 7) is 12.1. The second-order valence-corrected chi connectivity index (χ2v) is 7.39. The van der Waals surface area contributed by atoms with E-state index in [1.54, 1.807) is 12.2 Å². The molecule has 0 bridgehead atoms. The lowest BCUT2D eigenvalue weighted by molar-refractivity contribution is -0.143. The molecule has 0 saturated carbocycles. The van der Waals surface area contributed by atoms with Gasteiger partial charge in [-0.1, -0.05) is 12.2 Å². The molecular weight excluding hydrogens is 438 g/mol. The smallest absolute Gasteiger partial charge is 0.322 e. The minimum absolute atomic E-state index is 0.0242. The molecule has 32 heavy (non-hydrogen) atoms. The molecule has 0 aromatic heterocycles. The zero-order chi connectivity index (χ0) is 23.9. The Labute approximate surface area is 183 Å². The van der Waals surface area contributed by atoms with Crippen molar-refractivity contribution in [1.29, 1.82) is 0 Å². The van der Waals surface area contributed by atoms with Crippen LogP contribution in [0.3, 0.4) is 0 Å². The fourth-order valence-electron chi connectivity index (χ4n) is 3.31. The van der Waals surface area contributed by atoms with Gasteiger partial charge in [-0.25, -0.2) is 4.79 Å². The van der Waals surface area contributed by atoms with Crippen LogP contribution >= 0.6 is 0 Å². The van der Waals surface area contributed by atoms with Crippen molar-refractivity contribution in [2.75, 3.05) is 57.7 Å². The van der Waals surface area contributed by atoms with E-state index in [1.807, 2.05) is 0 Å². The highest BCUT2D eigenvalue weighted by Crippen LogP contribution is 2.37. The highest BCUT2D eigenvalue weighted by atomic mass is 19.4. The Morgan fingerprint density at radius 1 is 0.938 bits per heavy atom. The second kappa shape index (κ2) is 10.9. The second-order valence-electron chi connectivity index (χ2n) is 7.39. The standard InChI is InChI=1S/C21H26F6N4O/c1-3-5-29(6-4-2)7-8-30-9-11-31(12-10-30)19(32)28-18-14-16(20(22,23)24)13-17(15-18)21(25,26)27/h3-4,13-15H,1-2,5-12H2,(H,28,32). The van der Waals surface area contributed by atoms with Crippen LogP contribution in [0, 0.1) is 0 Å². The van der Waals surface area contributed by atoms with Gasteiger partial charge in [0.2, 0.25) is 0 Å². The maximum Gasteiger partial charge on any atom is 0.416 e. The van der Waals surface area contributed by atoms with Gasteiger partial charge in [0.15, 0.2) is 0 Å². The van der Waals surface area contributed by atoms with E-state index in [2.05, 4.69) is 28.3 Å². The van der Waals surface area contributed by atoms with Crippen LogP contribution in [0.25, 0.3) is 0 Å². The molecule has 1 fully saturated rings. The van der Waals surface area contributed by atoms with E-state index in [9.17, 15) is 31.1 Å². The monoisotopic (exact) mass is 464 g/mol. The molecule has 1 aliphatic rings. The van der Waals surface area contributed by atoms with Crippen molar-refractivity contribution in [3.63, 3.8) is 0 Å². The molecule has 0 atom stereocenters. The molecule has 2 rings (SSSR count). The van der Waals surface area contributed by atoms with Gasteiger partial charge in [-0.3, -0.25) is 9.80 Å². The van der Waals surface area contributed by atoms with Crippen LogP contribution in [0.2, 0.25) is 0 Å². The summed E-state index contributed by atoms with van der Waals surface area (Å²) in [6.07, 6.45) is -6.36. The minimum atomic E-state index is -4.97. The van der Waals surface area contributed by atoms with Crippen molar-refractivity contribution in [3.8, 4) is 0 Å². The summed E-state index contributed by atoms with van der Waals surface area (Å²) < 4.78 is 77.9. The molecule has 1 aromatic carbocycles. The Kier molecular flexibility index (Phi) is 8.73. The third kappa shape index (κ3) is 7.56. The summed E-state index contributed by atoms with van der Waals surface area (Å²) in [5.74, 6) is 0. The summed E-state index contributed by atoms with van der Waals surface area (Å²) in [6, 6.07) is 0.280. The van der Waals surface area contributed by atoms with Crippen LogP contribution in [0.4, 0.5) is 36.8 Å². The van der Waals surface area contributed by atoms with Gasteiger partial charge in [-0.15, -0.1) is 13.2 Å². The molecule has 1 aliphatic heterocycles. The number of nitrogens with zero attached hydrogens (tertiary/aromatic N) is 3.